The van der Waals surface area contributed by atoms with Gasteiger partial charge in [-0.05, 0) is 66.7 Å². The van der Waals surface area contributed by atoms with Gasteiger partial charge >= 0.3 is 0 Å². The van der Waals surface area contributed by atoms with Crippen molar-refractivity contribution in [2.45, 2.75) is 6.54 Å². The molecule has 2 aromatic carbocycles. The Morgan fingerprint density at radius 2 is 1.82 bits per heavy atom. The molecular weight excluding hydrogens is 513 g/mol. The molecule has 5 aromatic rings. The average molecular weight is 534 g/mol. The van der Waals surface area contributed by atoms with Gasteiger partial charge in [-0.25, -0.2) is 9.82 Å². The summed E-state index contributed by atoms with van der Waals surface area (Å²) >= 11 is 5.87. The highest BCUT2D eigenvalue weighted by molar-refractivity contribution is 6.31. The zero-order valence-electron chi connectivity index (χ0n) is 20.0. The first-order valence-corrected chi connectivity index (χ1v) is 11.7. The maximum Gasteiger partial charge on any atom is 0.250 e. The van der Waals surface area contributed by atoms with Crippen LogP contribution in [0.15, 0.2) is 86.9 Å². The van der Waals surface area contributed by atoms with Gasteiger partial charge in [-0.1, -0.05) is 11.6 Å². The number of aromatic nitrogens is 3. The van der Waals surface area contributed by atoms with Crippen molar-refractivity contribution in [2.24, 2.45) is 5.10 Å². The standard InChI is InChI=1S/C26H21ClFN7O3/c1-36-18-7-5-17(6-8-18)31-25-32-24(29-14-19-3-2-12-37-19)33-26(34-25)35-30-15-20-9-11-23(38-20)16-4-10-22(28)21(27)13-16/h2-13,15H,14H2,1H3,(H3,29,31,32,33,34,35). The second-order valence-electron chi connectivity index (χ2n) is 7.79. The highest BCUT2D eigenvalue weighted by Gasteiger charge is 2.09. The summed E-state index contributed by atoms with van der Waals surface area (Å²) < 4.78 is 29.8. The van der Waals surface area contributed by atoms with Crippen LogP contribution in [-0.2, 0) is 6.54 Å². The van der Waals surface area contributed by atoms with E-state index in [0.717, 1.165) is 17.2 Å². The molecule has 3 aromatic heterocycles. The number of furan rings is 2. The normalized spacial score (nSPS) is 11.0. The van der Waals surface area contributed by atoms with Crippen LogP contribution in [0.5, 0.6) is 5.75 Å². The van der Waals surface area contributed by atoms with Crippen molar-refractivity contribution in [1.82, 2.24) is 15.0 Å². The Bertz CT molecular complexity index is 1540. The van der Waals surface area contributed by atoms with Crippen LogP contribution < -0.4 is 20.8 Å². The number of hydrogen-bond donors (Lipinski definition) is 3. The van der Waals surface area contributed by atoms with Gasteiger partial charge in [-0.15, -0.1) is 0 Å². The third-order valence-electron chi connectivity index (χ3n) is 5.17. The molecule has 12 heteroatoms. The number of nitrogens with one attached hydrogen (secondary N) is 3. The van der Waals surface area contributed by atoms with Crippen LogP contribution in [0.4, 0.5) is 27.9 Å². The van der Waals surface area contributed by atoms with Crippen molar-refractivity contribution < 1.29 is 18.0 Å². The third-order valence-corrected chi connectivity index (χ3v) is 5.46. The maximum absolute atomic E-state index is 13.5. The Kier molecular flexibility index (Phi) is 7.46. The van der Waals surface area contributed by atoms with Gasteiger partial charge in [-0.3, -0.25) is 0 Å². The smallest absolute Gasteiger partial charge is 0.250 e. The summed E-state index contributed by atoms with van der Waals surface area (Å²) in [4.78, 5) is 13.2. The van der Waals surface area contributed by atoms with E-state index in [1.807, 2.05) is 30.3 Å². The highest BCUT2D eigenvalue weighted by atomic mass is 35.5. The molecule has 0 atom stereocenters. The second kappa shape index (κ2) is 11.4. The summed E-state index contributed by atoms with van der Waals surface area (Å²) in [6.07, 6.45) is 3.05. The lowest BCUT2D eigenvalue weighted by atomic mass is 10.2. The lowest BCUT2D eigenvalue weighted by Crippen LogP contribution is -2.09. The quantitative estimate of drug-likeness (QED) is 0.140. The molecule has 0 unspecified atom stereocenters. The van der Waals surface area contributed by atoms with Crippen molar-refractivity contribution in [1.29, 1.82) is 0 Å². The number of halogens is 2. The molecular formula is C26H21ClFN7O3. The summed E-state index contributed by atoms with van der Waals surface area (Å²) in [5.74, 6) is 2.71. The van der Waals surface area contributed by atoms with E-state index in [-0.39, 0.29) is 11.0 Å². The van der Waals surface area contributed by atoms with Gasteiger partial charge in [0.05, 0.1) is 31.2 Å². The van der Waals surface area contributed by atoms with E-state index < -0.39 is 5.82 Å². The minimum atomic E-state index is -0.496. The predicted octanol–water partition coefficient (Wildman–Crippen LogP) is 6.33. The van der Waals surface area contributed by atoms with Crippen LogP contribution >= 0.6 is 11.6 Å². The fourth-order valence-electron chi connectivity index (χ4n) is 3.32. The lowest BCUT2D eigenvalue weighted by molar-refractivity contribution is 0.415. The molecule has 3 heterocycles. The number of benzene rings is 2. The molecule has 0 aliphatic heterocycles. The van der Waals surface area contributed by atoms with E-state index in [2.05, 4.69) is 36.1 Å². The van der Waals surface area contributed by atoms with Crippen molar-refractivity contribution >= 4 is 41.3 Å². The second-order valence-corrected chi connectivity index (χ2v) is 8.20. The van der Waals surface area contributed by atoms with Crippen LogP contribution in [0.25, 0.3) is 11.3 Å². The van der Waals surface area contributed by atoms with Crippen molar-refractivity contribution in [2.75, 3.05) is 23.2 Å². The first kappa shape index (κ1) is 24.8. The summed E-state index contributed by atoms with van der Waals surface area (Å²) in [5, 5.41) is 10.4. The minimum Gasteiger partial charge on any atom is -0.497 e. The van der Waals surface area contributed by atoms with Crippen molar-refractivity contribution in [3.05, 3.63) is 95.4 Å². The Balaban J connectivity index is 1.31. The molecule has 192 valence electrons. The molecule has 0 saturated carbocycles. The Hall–Kier alpha value is -4.90. The fourth-order valence-corrected chi connectivity index (χ4v) is 3.50. The Morgan fingerprint density at radius 3 is 2.58 bits per heavy atom. The Morgan fingerprint density at radius 1 is 1.00 bits per heavy atom. The van der Waals surface area contributed by atoms with Crippen LogP contribution in [-0.4, -0.2) is 28.3 Å². The zero-order chi connectivity index (χ0) is 26.3. The monoisotopic (exact) mass is 533 g/mol. The van der Waals surface area contributed by atoms with Crippen LogP contribution in [0.2, 0.25) is 5.02 Å². The van der Waals surface area contributed by atoms with E-state index in [1.54, 1.807) is 37.6 Å². The summed E-state index contributed by atoms with van der Waals surface area (Å²) in [6.45, 7) is 0.379. The predicted molar refractivity (Wildman–Crippen MR) is 142 cm³/mol. The van der Waals surface area contributed by atoms with E-state index >= 15 is 0 Å². The topological polar surface area (TPSA) is 123 Å². The molecule has 0 bridgehead atoms. The minimum absolute atomic E-state index is 0.0149. The van der Waals surface area contributed by atoms with E-state index in [4.69, 9.17) is 25.2 Å². The molecule has 38 heavy (non-hydrogen) atoms. The number of nitrogens with zero attached hydrogens (tertiary/aromatic N) is 4. The van der Waals surface area contributed by atoms with Crippen molar-refractivity contribution in [3.63, 3.8) is 0 Å². The van der Waals surface area contributed by atoms with Crippen LogP contribution in [0.1, 0.15) is 11.5 Å². The molecule has 0 radical (unpaired) electrons. The van der Waals surface area contributed by atoms with E-state index in [1.165, 1.54) is 18.3 Å². The first-order chi connectivity index (χ1) is 18.6. The van der Waals surface area contributed by atoms with Gasteiger partial charge < -0.3 is 24.2 Å². The molecule has 0 amide bonds. The lowest BCUT2D eigenvalue weighted by Gasteiger charge is -2.10. The van der Waals surface area contributed by atoms with Crippen LogP contribution in [0.3, 0.4) is 0 Å². The number of methoxy groups -OCH3 is 1. The Labute approximate surface area is 221 Å². The molecule has 10 nitrogen and oxygen atoms in total. The number of anilines is 4. The molecule has 3 N–H and O–H groups in total. The summed E-state index contributed by atoms with van der Waals surface area (Å²) in [6, 6.07) is 18.8. The number of ether oxygens (including phenoxy) is 1. The van der Waals surface area contributed by atoms with Gasteiger partial charge in [-0.2, -0.15) is 20.1 Å². The van der Waals surface area contributed by atoms with Gasteiger partial charge in [0.2, 0.25) is 17.8 Å². The largest absolute Gasteiger partial charge is 0.497 e. The zero-order valence-corrected chi connectivity index (χ0v) is 20.7. The van der Waals surface area contributed by atoms with Gasteiger partial charge in [0, 0.05) is 11.3 Å². The molecule has 0 saturated heterocycles. The highest BCUT2D eigenvalue weighted by Crippen LogP contribution is 2.26. The molecule has 0 spiro atoms. The van der Waals surface area contributed by atoms with Gasteiger partial charge in [0.15, 0.2) is 0 Å². The van der Waals surface area contributed by atoms with Crippen LogP contribution in [0, 0.1) is 5.82 Å². The molecule has 0 fully saturated rings. The number of rotatable bonds is 10. The SMILES string of the molecule is COc1ccc(Nc2nc(NCc3ccco3)nc(NN=Cc3ccc(-c4ccc(F)c(Cl)c4)o3)n2)cc1. The van der Waals surface area contributed by atoms with Gasteiger partial charge in [0.1, 0.15) is 28.8 Å². The van der Waals surface area contributed by atoms with Gasteiger partial charge in [0.25, 0.3) is 0 Å². The molecule has 0 aliphatic rings. The molecule has 0 aliphatic carbocycles. The third kappa shape index (κ3) is 6.26. The van der Waals surface area contributed by atoms with Crippen molar-refractivity contribution in [3.8, 4) is 17.1 Å². The maximum atomic E-state index is 13.5. The summed E-state index contributed by atoms with van der Waals surface area (Å²) in [7, 11) is 1.60. The van der Waals surface area contributed by atoms with E-state index in [0.29, 0.717) is 35.5 Å². The van der Waals surface area contributed by atoms with E-state index in [9.17, 15) is 4.39 Å². The number of hydrazone groups is 1. The summed E-state index contributed by atoms with van der Waals surface area (Å²) in [5.41, 5.74) is 4.19. The first-order valence-electron chi connectivity index (χ1n) is 11.3. The fraction of sp³-hybridized carbons (Fsp3) is 0.0769. The molecule has 5 rings (SSSR count). The average Bonchev–Trinajstić information content (AvgIpc) is 3.62. The number of hydrogen-bond acceptors (Lipinski definition) is 10.